The van der Waals surface area contributed by atoms with Crippen molar-refractivity contribution >= 4 is 6.29 Å². The quantitative estimate of drug-likeness (QED) is 0.752. The maximum absolute atomic E-state index is 11.0. The van der Waals surface area contributed by atoms with E-state index in [2.05, 4.69) is 23.8 Å². The van der Waals surface area contributed by atoms with Gasteiger partial charge in [0.15, 0.2) is 6.29 Å². The topological polar surface area (TPSA) is 38.1 Å². The fourth-order valence-electron chi connectivity index (χ4n) is 2.64. The van der Waals surface area contributed by atoms with E-state index < -0.39 is 0 Å². The maximum Gasteiger partial charge on any atom is 0.153 e. The molecule has 4 heteroatoms. The molecule has 0 N–H and O–H groups in total. The molecule has 4 nitrogen and oxygen atoms in total. The number of likely N-dealkylation sites (tertiary alicyclic amines) is 1. The molecule has 1 aliphatic rings. The second-order valence-corrected chi connectivity index (χ2v) is 5.18. The molecule has 0 bridgehead atoms. The average molecular weight is 235 g/mol. The van der Waals surface area contributed by atoms with Crippen molar-refractivity contribution in [1.29, 1.82) is 0 Å². The predicted molar refractivity (Wildman–Crippen MR) is 67.5 cm³/mol. The van der Waals surface area contributed by atoms with Gasteiger partial charge in [-0.25, -0.2) is 0 Å². The Balaban J connectivity index is 2.22. The fraction of sp³-hybridized carbons (Fsp3) is 0.692. The van der Waals surface area contributed by atoms with Crippen molar-refractivity contribution in [2.45, 2.75) is 46.2 Å². The number of aryl methyl sites for hydroxylation is 1. The van der Waals surface area contributed by atoms with Crippen LogP contribution in [0.1, 0.15) is 48.1 Å². The highest BCUT2D eigenvalue weighted by atomic mass is 16.1. The first-order valence-corrected chi connectivity index (χ1v) is 6.29. The molecule has 1 unspecified atom stereocenters. The van der Waals surface area contributed by atoms with E-state index in [0.29, 0.717) is 12.1 Å². The van der Waals surface area contributed by atoms with Gasteiger partial charge < -0.3 is 0 Å². The minimum Gasteiger partial charge on any atom is -0.299 e. The first-order chi connectivity index (χ1) is 8.04. The van der Waals surface area contributed by atoms with Gasteiger partial charge in [-0.2, -0.15) is 5.10 Å². The summed E-state index contributed by atoms with van der Waals surface area (Å²) in [6.07, 6.45) is 2.04. The third-order valence-corrected chi connectivity index (χ3v) is 3.77. The highest BCUT2D eigenvalue weighted by Gasteiger charge is 2.27. The van der Waals surface area contributed by atoms with Crippen LogP contribution in [0.5, 0.6) is 0 Å². The molecule has 94 valence electrons. The highest BCUT2D eigenvalue weighted by Crippen LogP contribution is 2.25. The lowest BCUT2D eigenvalue weighted by molar-refractivity contribution is 0.112. The van der Waals surface area contributed by atoms with Gasteiger partial charge in [-0.05, 0) is 34.1 Å². The fourth-order valence-corrected chi connectivity index (χ4v) is 2.64. The molecule has 1 aliphatic heterocycles. The number of rotatable bonds is 3. The molecule has 0 aromatic carbocycles. The van der Waals surface area contributed by atoms with Crippen LogP contribution in [0.4, 0.5) is 0 Å². The molecule has 0 amide bonds. The van der Waals surface area contributed by atoms with Crippen LogP contribution in [0.25, 0.3) is 0 Å². The summed E-state index contributed by atoms with van der Waals surface area (Å²) in [4.78, 5) is 13.4. The SMILES string of the molecule is Cc1nn(C2CCN(C(C)C)C2)c(C)c1C=O. The maximum atomic E-state index is 11.0. The molecular formula is C13H21N3O. The van der Waals surface area contributed by atoms with Crippen molar-refractivity contribution in [3.8, 4) is 0 Å². The second-order valence-electron chi connectivity index (χ2n) is 5.18. The Morgan fingerprint density at radius 3 is 2.59 bits per heavy atom. The van der Waals surface area contributed by atoms with E-state index in [0.717, 1.165) is 42.7 Å². The van der Waals surface area contributed by atoms with E-state index >= 15 is 0 Å². The van der Waals surface area contributed by atoms with Crippen LogP contribution in [0.3, 0.4) is 0 Å². The van der Waals surface area contributed by atoms with Crippen LogP contribution in [-0.4, -0.2) is 40.1 Å². The van der Waals surface area contributed by atoms with Gasteiger partial charge in [-0.3, -0.25) is 14.4 Å². The Morgan fingerprint density at radius 2 is 2.12 bits per heavy atom. The van der Waals surface area contributed by atoms with Gasteiger partial charge in [0.2, 0.25) is 0 Å². The summed E-state index contributed by atoms with van der Waals surface area (Å²) in [6, 6.07) is 1.01. The number of aromatic nitrogens is 2. The molecule has 1 saturated heterocycles. The van der Waals surface area contributed by atoms with Gasteiger partial charge in [0.05, 0.1) is 17.3 Å². The molecule has 17 heavy (non-hydrogen) atoms. The van der Waals surface area contributed by atoms with E-state index in [4.69, 9.17) is 0 Å². The summed E-state index contributed by atoms with van der Waals surface area (Å²) >= 11 is 0. The Morgan fingerprint density at radius 1 is 1.41 bits per heavy atom. The first kappa shape index (κ1) is 12.3. The van der Waals surface area contributed by atoms with Crippen molar-refractivity contribution in [1.82, 2.24) is 14.7 Å². The van der Waals surface area contributed by atoms with Crippen molar-refractivity contribution < 1.29 is 4.79 Å². The Kier molecular flexibility index (Phi) is 3.33. The van der Waals surface area contributed by atoms with Crippen molar-refractivity contribution in [2.75, 3.05) is 13.1 Å². The standard InChI is InChI=1S/C13H21N3O/c1-9(2)15-6-5-12(7-15)16-11(4)13(8-17)10(3)14-16/h8-9,12H,5-7H2,1-4H3. The summed E-state index contributed by atoms with van der Waals surface area (Å²) in [5.41, 5.74) is 2.61. The molecule has 0 saturated carbocycles. The third-order valence-electron chi connectivity index (χ3n) is 3.77. The minimum atomic E-state index is 0.421. The summed E-state index contributed by atoms with van der Waals surface area (Å²) < 4.78 is 2.04. The average Bonchev–Trinajstić information content (AvgIpc) is 2.84. The summed E-state index contributed by atoms with van der Waals surface area (Å²) in [7, 11) is 0. The number of aldehydes is 1. The van der Waals surface area contributed by atoms with Crippen molar-refractivity contribution in [3.05, 3.63) is 17.0 Å². The van der Waals surface area contributed by atoms with Gasteiger partial charge in [0.1, 0.15) is 0 Å². The van der Waals surface area contributed by atoms with Crippen molar-refractivity contribution in [3.63, 3.8) is 0 Å². The number of hydrogen-bond acceptors (Lipinski definition) is 3. The minimum absolute atomic E-state index is 0.421. The zero-order valence-corrected chi connectivity index (χ0v) is 11.1. The van der Waals surface area contributed by atoms with Crippen LogP contribution in [0, 0.1) is 13.8 Å². The predicted octanol–water partition coefficient (Wildman–Crippen LogP) is 1.97. The lowest BCUT2D eigenvalue weighted by Gasteiger charge is -2.20. The van der Waals surface area contributed by atoms with Gasteiger partial charge in [0, 0.05) is 24.8 Å². The largest absolute Gasteiger partial charge is 0.299 e. The van der Waals surface area contributed by atoms with Crippen LogP contribution >= 0.6 is 0 Å². The number of hydrogen-bond donors (Lipinski definition) is 0. The Hall–Kier alpha value is -1.16. The normalized spacial score (nSPS) is 21.4. The molecular weight excluding hydrogens is 214 g/mol. The third kappa shape index (κ3) is 2.14. The van der Waals surface area contributed by atoms with E-state index in [1.807, 2.05) is 18.5 Å². The molecule has 1 aromatic heterocycles. The Bertz CT molecular complexity index is 423. The number of carbonyl (C=O) groups excluding carboxylic acids is 1. The van der Waals surface area contributed by atoms with Gasteiger partial charge in [-0.1, -0.05) is 0 Å². The molecule has 1 atom stereocenters. The molecule has 0 radical (unpaired) electrons. The smallest absolute Gasteiger partial charge is 0.153 e. The molecule has 0 aliphatic carbocycles. The van der Waals surface area contributed by atoms with Crippen LogP contribution in [0.15, 0.2) is 0 Å². The monoisotopic (exact) mass is 235 g/mol. The first-order valence-electron chi connectivity index (χ1n) is 6.29. The van der Waals surface area contributed by atoms with E-state index in [-0.39, 0.29) is 0 Å². The lowest BCUT2D eigenvalue weighted by Crippen LogP contribution is -2.29. The van der Waals surface area contributed by atoms with Gasteiger partial charge in [0.25, 0.3) is 0 Å². The summed E-state index contributed by atoms with van der Waals surface area (Å²) in [6.45, 7) is 10.5. The van der Waals surface area contributed by atoms with Gasteiger partial charge >= 0.3 is 0 Å². The number of nitrogens with zero attached hydrogens (tertiary/aromatic N) is 3. The lowest BCUT2D eigenvalue weighted by atomic mass is 10.2. The molecule has 2 rings (SSSR count). The van der Waals surface area contributed by atoms with Crippen LogP contribution < -0.4 is 0 Å². The van der Waals surface area contributed by atoms with E-state index in [9.17, 15) is 4.79 Å². The van der Waals surface area contributed by atoms with Gasteiger partial charge in [-0.15, -0.1) is 0 Å². The molecule has 1 fully saturated rings. The second kappa shape index (κ2) is 4.61. The highest BCUT2D eigenvalue weighted by molar-refractivity contribution is 5.78. The zero-order valence-electron chi connectivity index (χ0n) is 11.1. The van der Waals surface area contributed by atoms with Crippen LogP contribution in [-0.2, 0) is 0 Å². The van der Waals surface area contributed by atoms with Crippen molar-refractivity contribution in [2.24, 2.45) is 0 Å². The van der Waals surface area contributed by atoms with E-state index in [1.54, 1.807) is 0 Å². The van der Waals surface area contributed by atoms with E-state index in [1.165, 1.54) is 0 Å². The molecule has 0 spiro atoms. The number of carbonyl (C=O) groups is 1. The summed E-state index contributed by atoms with van der Waals surface area (Å²) in [5.74, 6) is 0. The summed E-state index contributed by atoms with van der Waals surface area (Å²) in [5, 5.41) is 4.52. The Labute approximate surface area is 103 Å². The molecule has 2 heterocycles. The molecule has 1 aromatic rings. The van der Waals surface area contributed by atoms with Crippen LogP contribution in [0.2, 0.25) is 0 Å². The zero-order chi connectivity index (χ0) is 12.6.